The molecule has 1 aliphatic rings. The SMILES string of the molecule is CC[Si](CC)(CC)C[C@@H](O)[C@@H]1CCCN1.S.S. The summed E-state index contributed by atoms with van der Waals surface area (Å²) in [5.74, 6) is 0. The lowest BCUT2D eigenvalue weighted by molar-refractivity contribution is 0.152. The lowest BCUT2D eigenvalue weighted by Crippen LogP contribution is -2.43. The van der Waals surface area contributed by atoms with Crippen LogP contribution in [0.4, 0.5) is 0 Å². The number of hydrogen-bond acceptors (Lipinski definition) is 2. The molecule has 0 radical (unpaired) electrons. The third kappa shape index (κ3) is 5.55. The second-order valence-corrected chi connectivity index (χ2v) is 10.6. The third-order valence-electron chi connectivity index (χ3n) is 4.46. The molecule has 0 aromatic rings. The van der Waals surface area contributed by atoms with E-state index in [0.29, 0.717) is 6.04 Å². The lowest BCUT2D eigenvalue weighted by atomic mass is 10.1. The van der Waals surface area contributed by atoms with E-state index in [9.17, 15) is 5.11 Å². The molecule has 0 amide bonds. The first-order chi connectivity index (χ1) is 7.17. The molecule has 2 nitrogen and oxygen atoms in total. The van der Waals surface area contributed by atoms with Gasteiger partial charge in [0, 0.05) is 6.04 Å². The first-order valence-electron chi connectivity index (χ1n) is 6.59. The van der Waals surface area contributed by atoms with Gasteiger partial charge in [0.2, 0.25) is 0 Å². The Labute approximate surface area is 122 Å². The molecule has 2 N–H and O–H groups in total. The molecule has 1 rings (SSSR count). The molecule has 2 atom stereocenters. The molecule has 1 aliphatic heterocycles. The summed E-state index contributed by atoms with van der Waals surface area (Å²) in [6.45, 7) is 8.04. The first-order valence-corrected chi connectivity index (χ1v) is 9.41. The lowest BCUT2D eigenvalue weighted by Gasteiger charge is -2.32. The van der Waals surface area contributed by atoms with Gasteiger partial charge in [-0.1, -0.05) is 38.9 Å². The zero-order valence-electron chi connectivity index (χ0n) is 11.6. The van der Waals surface area contributed by atoms with Crippen molar-refractivity contribution in [2.45, 2.75) is 69.9 Å². The Hall–Kier alpha value is 0.837. The summed E-state index contributed by atoms with van der Waals surface area (Å²) in [7, 11) is -1.14. The molecule has 0 unspecified atom stereocenters. The van der Waals surface area contributed by atoms with E-state index in [0.717, 1.165) is 12.6 Å². The van der Waals surface area contributed by atoms with Crippen LogP contribution in [0, 0.1) is 0 Å². The van der Waals surface area contributed by atoms with Crippen LogP contribution < -0.4 is 5.32 Å². The number of rotatable bonds is 6. The van der Waals surface area contributed by atoms with Gasteiger partial charge in [-0.05, 0) is 25.4 Å². The van der Waals surface area contributed by atoms with Crippen LogP contribution in [0.1, 0.15) is 33.6 Å². The minimum atomic E-state index is -1.14. The van der Waals surface area contributed by atoms with Crippen LogP contribution in [-0.2, 0) is 0 Å². The number of nitrogens with one attached hydrogen (secondary N) is 1. The van der Waals surface area contributed by atoms with Crippen LogP contribution in [0.15, 0.2) is 0 Å². The molecular formula is C12H31NOS2Si. The van der Waals surface area contributed by atoms with Crippen molar-refractivity contribution in [1.82, 2.24) is 5.32 Å². The van der Waals surface area contributed by atoms with Crippen LogP contribution in [-0.4, -0.2) is 31.9 Å². The van der Waals surface area contributed by atoms with Crippen LogP contribution in [0.2, 0.25) is 24.2 Å². The van der Waals surface area contributed by atoms with Gasteiger partial charge in [0.05, 0.1) is 14.2 Å². The average molecular weight is 298 g/mol. The summed E-state index contributed by atoms with van der Waals surface area (Å²) in [4.78, 5) is 0. The molecule has 106 valence electrons. The molecule has 5 heteroatoms. The maximum Gasteiger partial charge on any atom is 0.0670 e. The van der Waals surface area contributed by atoms with Crippen molar-refractivity contribution in [2.24, 2.45) is 0 Å². The van der Waals surface area contributed by atoms with Gasteiger partial charge in [-0.2, -0.15) is 27.0 Å². The van der Waals surface area contributed by atoms with Crippen LogP contribution >= 0.6 is 27.0 Å². The normalized spacial score (nSPS) is 21.5. The van der Waals surface area contributed by atoms with Gasteiger partial charge in [-0.15, -0.1) is 0 Å². The van der Waals surface area contributed by atoms with E-state index in [1.807, 2.05) is 0 Å². The zero-order chi connectivity index (χ0) is 11.3. The smallest absolute Gasteiger partial charge is 0.0670 e. The van der Waals surface area contributed by atoms with Crippen molar-refractivity contribution in [3.05, 3.63) is 0 Å². The second kappa shape index (κ2) is 9.73. The van der Waals surface area contributed by atoms with Gasteiger partial charge in [-0.25, -0.2) is 0 Å². The Morgan fingerprint density at radius 3 is 2.06 bits per heavy atom. The van der Waals surface area contributed by atoms with Crippen molar-refractivity contribution in [3.63, 3.8) is 0 Å². The molecule has 17 heavy (non-hydrogen) atoms. The molecule has 0 aromatic carbocycles. The van der Waals surface area contributed by atoms with E-state index in [4.69, 9.17) is 0 Å². The van der Waals surface area contributed by atoms with Crippen LogP contribution in [0.25, 0.3) is 0 Å². The maximum absolute atomic E-state index is 10.3. The van der Waals surface area contributed by atoms with E-state index in [1.165, 1.54) is 31.0 Å². The van der Waals surface area contributed by atoms with Gasteiger partial charge in [0.15, 0.2) is 0 Å². The van der Waals surface area contributed by atoms with Gasteiger partial charge in [-0.3, -0.25) is 0 Å². The third-order valence-corrected chi connectivity index (χ3v) is 10.2. The second-order valence-electron chi connectivity index (χ2n) is 5.03. The van der Waals surface area contributed by atoms with Crippen LogP contribution in [0.5, 0.6) is 0 Å². The highest BCUT2D eigenvalue weighted by atomic mass is 32.1. The highest BCUT2D eigenvalue weighted by Gasteiger charge is 2.33. The Morgan fingerprint density at radius 2 is 1.71 bits per heavy atom. The molecule has 0 saturated carbocycles. The van der Waals surface area contributed by atoms with E-state index < -0.39 is 8.07 Å². The first kappa shape index (κ1) is 20.2. The quantitative estimate of drug-likeness (QED) is 0.739. The van der Waals surface area contributed by atoms with Crippen molar-refractivity contribution in [2.75, 3.05) is 6.54 Å². The Kier molecular flexibility index (Phi) is 11.5. The largest absolute Gasteiger partial charge is 0.392 e. The molecular weight excluding hydrogens is 266 g/mol. The van der Waals surface area contributed by atoms with E-state index in [-0.39, 0.29) is 33.1 Å². The monoisotopic (exact) mass is 297 g/mol. The molecule has 1 heterocycles. The Morgan fingerprint density at radius 1 is 1.18 bits per heavy atom. The van der Waals surface area contributed by atoms with Crippen molar-refractivity contribution in [1.29, 1.82) is 0 Å². The predicted molar refractivity (Wildman–Crippen MR) is 89.8 cm³/mol. The topological polar surface area (TPSA) is 32.3 Å². The van der Waals surface area contributed by atoms with Crippen molar-refractivity contribution < 1.29 is 5.11 Å². The maximum atomic E-state index is 10.3. The summed E-state index contributed by atoms with van der Waals surface area (Å²) in [5.41, 5.74) is 0. The molecule has 1 fully saturated rings. The predicted octanol–water partition coefficient (Wildman–Crippen LogP) is 2.83. The van der Waals surface area contributed by atoms with Crippen molar-refractivity contribution >= 4 is 35.1 Å². The molecule has 0 aromatic heterocycles. The minimum Gasteiger partial charge on any atom is -0.392 e. The van der Waals surface area contributed by atoms with E-state index >= 15 is 0 Å². The van der Waals surface area contributed by atoms with E-state index in [1.54, 1.807) is 0 Å². The Balaban J connectivity index is 0. The van der Waals surface area contributed by atoms with Gasteiger partial charge in [0.25, 0.3) is 0 Å². The standard InChI is InChI=1S/C12H27NOSi.2H2S/c1-4-15(5-2,6-3)10-12(14)11-8-7-9-13-11;;/h11-14H,4-10H2,1-3H3;2*1H2/t11-,12+;;/m0../s1. The summed E-state index contributed by atoms with van der Waals surface area (Å²) in [6, 6.07) is 5.47. The van der Waals surface area contributed by atoms with Gasteiger partial charge < -0.3 is 10.4 Å². The zero-order valence-corrected chi connectivity index (χ0v) is 14.6. The molecule has 0 aliphatic carbocycles. The summed E-state index contributed by atoms with van der Waals surface area (Å²) in [5, 5.41) is 13.7. The highest BCUT2D eigenvalue weighted by molar-refractivity contribution is 7.59. The number of hydrogen-bond donors (Lipinski definition) is 2. The van der Waals surface area contributed by atoms with Crippen molar-refractivity contribution in [3.8, 4) is 0 Å². The molecule has 1 saturated heterocycles. The fourth-order valence-corrected chi connectivity index (χ4v) is 6.35. The number of aliphatic hydroxyl groups is 1. The fraction of sp³-hybridized carbons (Fsp3) is 1.00. The highest BCUT2D eigenvalue weighted by Crippen LogP contribution is 2.28. The fourth-order valence-electron chi connectivity index (χ4n) is 2.81. The average Bonchev–Trinajstić information content (AvgIpc) is 2.79. The van der Waals surface area contributed by atoms with Gasteiger partial charge in [0.1, 0.15) is 0 Å². The minimum absolute atomic E-state index is 0. The Bertz CT molecular complexity index is 177. The van der Waals surface area contributed by atoms with Crippen LogP contribution in [0.3, 0.4) is 0 Å². The molecule has 0 spiro atoms. The van der Waals surface area contributed by atoms with E-state index in [2.05, 4.69) is 26.1 Å². The molecule has 0 bridgehead atoms. The summed E-state index contributed by atoms with van der Waals surface area (Å²) < 4.78 is 0. The summed E-state index contributed by atoms with van der Waals surface area (Å²) >= 11 is 0. The number of aliphatic hydroxyl groups excluding tert-OH is 1. The summed E-state index contributed by atoms with van der Waals surface area (Å²) in [6.07, 6.45) is 2.32. The van der Waals surface area contributed by atoms with Gasteiger partial charge >= 0.3 is 0 Å².